The van der Waals surface area contributed by atoms with Gasteiger partial charge < -0.3 is 20.1 Å². The minimum absolute atomic E-state index is 0.0988. The number of anilines is 2. The van der Waals surface area contributed by atoms with E-state index in [4.69, 9.17) is 9.47 Å². The number of nitrogens with one attached hydrogen (secondary N) is 2. The van der Waals surface area contributed by atoms with Crippen LogP contribution in [0.1, 0.15) is 36.7 Å². The lowest BCUT2D eigenvalue weighted by Gasteiger charge is -2.21. The van der Waals surface area contributed by atoms with Crippen LogP contribution < -0.4 is 15.4 Å². The fourth-order valence-corrected chi connectivity index (χ4v) is 3.67. The second-order valence-electron chi connectivity index (χ2n) is 7.84. The van der Waals surface area contributed by atoms with E-state index in [1.807, 2.05) is 12.1 Å². The van der Waals surface area contributed by atoms with Gasteiger partial charge in [0, 0.05) is 4.90 Å². The molecule has 1 aliphatic rings. The van der Waals surface area contributed by atoms with Crippen molar-refractivity contribution >= 4 is 40.9 Å². The fourth-order valence-electron chi connectivity index (χ4n) is 2.88. The summed E-state index contributed by atoms with van der Waals surface area (Å²) in [5.74, 6) is -0.381. The lowest BCUT2D eigenvalue weighted by Crippen LogP contribution is -2.22. The maximum absolute atomic E-state index is 12.3. The molecule has 0 spiro atoms. The van der Waals surface area contributed by atoms with Crippen LogP contribution in [0.5, 0.6) is 5.75 Å². The molecule has 1 aliphatic heterocycles. The number of methoxy groups -OCH3 is 1. The van der Waals surface area contributed by atoms with Gasteiger partial charge in [-0.25, -0.2) is 4.79 Å². The molecule has 158 valence electrons. The standard InChI is InChI=1S/C22H24N2O5S/c1-22(2,3)14-6-7-17(28-4)15(10-14)23-19(25)11-29-21(27)13-5-8-18-16(9-13)24-20(26)12-30-18/h5-10H,11-12H2,1-4H3,(H,23,25)(H,24,26). The van der Waals surface area contributed by atoms with Gasteiger partial charge in [-0.15, -0.1) is 11.8 Å². The second-order valence-corrected chi connectivity index (χ2v) is 8.85. The zero-order valence-electron chi connectivity index (χ0n) is 17.3. The number of fused-ring (bicyclic) bond motifs is 1. The van der Waals surface area contributed by atoms with Gasteiger partial charge in [-0.05, 0) is 41.3 Å². The molecule has 0 unspecified atom stereocenters. The summed E-state index contributed by atoms with van der Waals surface area (Å²) >= 11 is 1.40. The number of hydrogen-bond acceptors (Lipinski definition) is 6. The van der Waals surface area contributed by atoms with Gasteiger partial charge in [0.05, 0.1) is 29.8 Å². The molecule has 1 heterocycles. The zero-order valence-corrected chi connectivity index (χ0v) is 18.1. The summed E-state index contributed by atoms with van der Waals surface area (Å²) in [5.41, 5.74) is 2.28. The van der Waals surface area contributed by atoms with E-state index in [1.54, 1.807) is 24.3 Å². The minimum Gasteiger partial charge on any atom is -0.495 e. The van der Waals surface area contributed by atoms with Crippen LogP contribution in [0, 0.1) is 0 Å². The van der Waals surface area contributed by atoms with Gasteiger partial charge in [-0.1, -0.05) is 26.8 Å². The lowest BCUT2D eigenvalue weighted by molar-refractivity contribution is -0.119. The molecule has 0 bridgehead atoms. The number of ether oxygens (including phenoxy) is 2. The summed E-state index contributed by atoms with van der Waals surface area (Å²) in [5, 5.41) is 5.46. The molecule has 0 aromatic heterocycles. The monoisotopic (exact) mass is 428 g/mol. The van der Waals surface area contributed by atoms with Crippen LogP contribution in [-0.4, -0.2) is 37.3 Å². The Morgan fingerprint density at radius 1 is 1.17 bits per heavy atom. The van der Waals surface area contributed by atoms with E-state index < -0.39 is 18.5 Å². The Morgan fingerprint density at radius 2 is 1.93 bits per heavy atom. The van der Waals surface area contributed by atoms with Crippen LogP contribution in [0.2, 0.25) is 0 Å². The molecule has 0 fully saturated rings. The Labute approximate surface area is 179 Å². The molecule has 0 aliphatic carbocycles. The number of amides is 2. The van der Waals surface area contributed by atoms with Gasteiger partial charge in [-0.3, -0.25) is 9.59 Å². The molecule has 0 saturated carbocycles. The lowest BCUT2D eigenvalue weighted by atomic mass is 9.87. The molecule has 0 saturated heterocycles. The average Bonchev–Trinajstić information content (AvgIpc) is 2.70. The number of hydrogen-bond donors (Lipinski definition) is 2. The first-order valence-electron chi connectivity index (χ1n) is 9.39. The van der Waals surface area contributed by atoms with Crippen LogP contribution in [0.4, 0.5) is 11.4 Å². The van der Waals surface area contributed by atoms with Crippen molar-refractivity contribution in [3.63, 3.8) is 0 Å². The van der Waals surface area contributed by atoms with Crippen molar-refractivity contribution in [2.75, 3.05) is 30.1 Å². The van der Waals surface area contributed by atoms with Crippen LogP contribution in [0.3, 0.4) is 0 Å². The van der Waals surface area contributed by atoms with Gasteiger partial charge in [0.1, 0.15) is 5.75 Å². The summed E-state index contributed by atoms with van der Waals surface area (Å²) in [6.45, 7) is 5.77. The van der Waals surface area contributed by atoms with Crippen LogP contribution in [-0.2, 0) is 19.7 Å². The van der Waals surface area contributed by atoms with Crippen molar-refractivity contribution in [2.24, 2.45) is 0 Å². The quantitative estimate of drug-likeness (QED) is 0.703. The summed E-state index contributed by atoms with van der Waals surface area (Å²) in [7, 11) is 1.52. The van der Waals surface area contributed by atoms with Gasteiger partial charge >= 0.3 is 5.97 Å². The Kier molecular flexibility index (Phi) is 6.36. The molecule has 0 atom stereocenters. The number of carbonyl (C=O) groups excluding carboxylic acids is 3. The van der Waals surface area contributed by atoms with Crippen LogP contribution in [0.25, 0.3) is 0 Å². The van der Waals surface area contributed by atoms with Gasteiger partial charge in [-0.2, -0.15) is 0 Å². The summed E-state index contributed by atoms with van der Waals surface area (Å²) in [4.78, 5) is 37.1. The van der Waals surface area contributed by atoms with Crippen LogP contribution in [0.15, 0.2) is 41.3 Å². The Morgan fingerprint density at radius 3 is 2.63 bits per heavy atom. The first-order valence-corrected chi connectivity index (χ1v) is 10.4. The van der Waals surface area contributed by atoms with Crippen molar-refractivity contribution < 1.29 is 23.9 Å². The van der Waals surface area contributed by atoms with E-state index in [-0.39, 0.29) is 16.9 Å². The first-order chi connectivity index (χ1) is 14.2. The molecule has 2 aromatic carbocycles. The molecule has 2 N–H and O–H groups in total. The largest absolute Gasteiger partial charge is 0.495 e. The highest BCUT2D eigenvalue weighted by Crippen LogP contribution is 2.33. The minimum atomic E-state index is -0.645. The third-order valence-corrected chi connectivity index (χ3v) is 5.60. The van der Waals surface area contributed by atoms with Crippen molar-refractivity contribution in [2.45, 2.75) is 31.1 Å². The van der Waals surface area contributed by atoms with E-state index >= 15 is 0 Å². The maximum atomic E-state index is 12.3. The van der Waals surface area contributed by atoms with E-state index in [9.17, 15) is 14.4 Å². The fraction of sp³-hybridized carbons (Fsp3) is 0.318. The predicted octanol–water partition coefficient (Wildman–Crippen LogP) is 3.83. The van der Waals surface area contributed by atoms with E-state index in [2.05, 4.69) is 31.4 Å². The molecule has 7 nitrogen and oxygen atoms in total. The Hall–Kier alpha value is -3.00. The molecule has 8 heteroatoms. The van der Waals surface area contributed by atoms with E-state index in [0.29, 0.717) is 22.9 Å². The van der Waals surface area contributed by atoms with E-state index in [1.165, 1.54) is 18.9 Å². The molecule has 0 radical (unpaired) electrons. The van der Waals surface area contributed by atoms with Crippen LogP contribution >= 0.6 is 11.8 Å². The smallest absolute Gasteiger partial charge is 0.338 e. The zero-order chi connectivity index (χ0) is 21.9. The average molecular weight is 429 g/mol. The summed E-state index contributed by atoms with van der Waals surface area (Å²) < 4.78 is 10.5. The molecule has 2 amide bonds. The highest BCUT2D eigenvalue weighted by molar-refractivity contribution is 8.00. The van der Waals surface area contributed by atoms with Gasteiger partial charge in [0.2, 0.25) is 5.91 Å². The van der Waals surface area contributed by atoms with Crippen molar-refractivity contribution in [1.29, 1.82) is 0 Å². The van der Waals surface area contributed by atoms with Crippen molar-refractivity contribution in [1.82, 2.24) is 0 Å². The summed E-state index contributed by atoms with van der Waals surface area (Å²) in [6.07, 6.45) is 0. The molecular weight excluding hydrogens is 404 g/mol. The number of esters is 1. The topological polar surface area (TPSA) is 93.7 Å². The molecular formula is C22H24N2O5S. The Bertz CT molecular complexity index is 998. The third-order valence-electron chi connectivity index (χ3n) is 4.52. The SMILES string of the molecule is COc1ccc(C(C)(C)C)cc1NC(=O)COC(=O)c1ccc2c(c1)NC(=O)CS2. The number of benzene rings is 2. The molecule has 3 rings (SSSR count). The number of carbonyl (C=O) groups is 3. The van der Waals surface area contributed by atoms with Crippen molar-refractivity contribution in [3.05, 3.63) is 47.5 Å². The highest BCUT2D eigenvalue weighted by atomic mass is 32.2. The number of thioether (sulfide) groups is 1. The van der Waals surface area contributed by atoms with Crippen molar-refractivity contribution in [3.8, 4) is 5.75 Å². The highest BCUT2D eigenvalue weighted by Gasteiger charge is 2.20. The normalized spacial score (nSPS) is 13.1. The second kappa shape index (κ2) is 8.79. The van der Waals surface area contributed by atoms with Gasteiger partial charge in [0.15, 0.2) is 6.61 Å². The molecule has 2 aromatic rings. The van der Waals surface area contributed by atoms with E-state index in [0.717, 1.165) is 10.5 Å². The predicted molar refractivity (Wildman–Crippen MR) is 116 cm³/mol. The maximum Gasteiger partial charge on any atom is 0.338 e. The van der Waals surface area contributed by atoms with Gasteiger partial charge in [0.25, 0.3) is 5.91 Å². The molecule has 30 heavy (non-hydrogen) atoms. The summed E-state index contributed by atoms with van der Waals surface area (Å²) in [6, 6.07) is 10.5. The third kappa shape index (κ3) is 5.13. The first kappa shape index (κ1) is 21.7. The Balaban J connectivity index is 1.64. The number of rotatable bonds is 5.